The van der Waals surface area contributed by atoms with E-state index in [9.17, 15) is 28.9 Å². The molecular weight excluding hydrogens is 697 g/mol. The van der Waals surface area contributed by atoms with Gasteiger partial charge in [0.15, 0.2) is 11.9 Å². The van der Waals surface area contributed by atoms with Gasteiger partial charge in [-0.15, -0.1) is 0 Å². The monoisotopic (exact) mass is 769 g/mol. The number of esters is 2. The summed E-state index contributed by atoms with van der Waals surface area (Å²) >= 11 is 0. The summed E-state index contributed by atoms with van der Waals surface area (Å²) in [5, 5.41) is 10.2. The topological polar surface area (TPSA) is 172 Å². The summed E-state index contributed by atoms with van der Waals surface area (Å²) in [6.07, 6.45) is 30.9. The Morgan fingerprint density at radius 2 is 1.43 bits per heavy atom. The molecule has 53 heavy (non-hydrogen) atoms. The van der Waals surface area contributed by atoms with Crippen LogP contribution in [-0.4, -0.2) is 66.3 Å². The fourth-order valence-corrected chi connectivity index (χ4v) is 6.86. The number of carbonyl (C=O) groups is 3. The first-order valence-corrected chi connectivity index (χ1v) is 22.0. The number of allylic oxidation sites excluding steroid dienone is 5. The van der Waals surface area contributed by atoms with Crippen molar-refractivity contribution in [2.75, 3.05) is 26.4 Å². The fraction of sp³-hybridized carbons (Fsp3) is 0.780. The predicted molar refractivity (Wildman–Crippen MR) is 210 cm³/mol. The molecule has 0 aromatic heterocycles. The van der Waals surface area contributed by atoms with Gasteiger partial charge in [-0.05, 0) is 44.1 Å². The second-order valence-electron chi connectivity index (χ2n) is 14.2. The predicted octanol–water partition coefficient (Wildman–Crippen LogP) is 9.00. The minimum atomic E-state index is -4.43. The molecule has 0 saturated heterocycles. The maximum Gasteiger partial charge on any atom is 0.472 e. The molecule has 1 aliphatic carbocycles. The largest absolute Gasteiger partial charge is 0.472 e. The van der Waals surface area contributed by atoms with Gasteiger partial charge in [0.2, 0.25) is 0 Å². The Bertz CT molecular complexity index is 1110. The van der Waals surface area contributed by atoms with Crippen LogP contribution in [0.4, 0.5) is 0 Å². The lowest BCUT2D eigenvalue weighted by Crippen LogP contribution is -2.29. The molecule has 0 saturated carbocycles. The molecule has 5 atom stereocenters. The normalized spacial score (nSPS) is 18.2. The molecule has 0 radical (unpaired) electrons. The molecule has 12 heteroatoms. The summed E-state index contributed by atoms with van der Waals surface area (Å²) in [6.45, 7) is 3.39. The molecule has 306 valence electrons. The van der Waals surface area contributed by atoms with Gasteiger partial charge in [-0.25, -0.2) is 4.57 Å². The van der Waals surface area contributed by atoms with Gasteiger partial charge in [-0.3, -0.25) is 23.4 Å². The first kappa shape index (κ1) is 48.9. The third-order valence-corrected chi connectivity index (χ3v) is 10.3. The van der Waals surface area contributed by atoms with E-state index in [0.29, 0.717) is 32.1 Å². The summed E-state index contributed by atoms with van der Waals surface area (Å²) in [5.74, 6) is -1.21. The molecule has 0 bridgehead atoms. The van der Waals surface area contributed by atoms with E-state index in [1.165, 1.54) is 57.8 Å². The standard InChI is InChI=1S/C41H72NO10P/c1-3-5-7-8-9-10-11-12-13-14-15-16-21-25-40(45)49-33-37(34-51-53(47,48)50-32-31-42)52-41(46)26-22-18-17-20-23-35-27-30-39(44)38(35)29-28-36(43)24-19-6-4-2/h17,20,27-30,35-38,43H,3-16,18-19,21-26,31-34,42H2,1-2H3,(H,47,48)/b20-17-,29-28+/t35-,36-,37+,38+/m0/s1. The number of nitrogens with two attached hydrogens (primary N) is 1. The van der Waals surface area contributed by atoms with E-state index in [1.807, 2.05) is 24.3 Å². The molecule has 1 aliphatic rings. The number of ketones is 1. The highest BCUT2D eigenvalue weighted by molar-refractivity contribution is 7.47. The van der Waals surface area contributed by atoms with Crippen molar-refractivity contribution in [1.29, 1.82) is 0 Å². The first-order chi connectivity index (χ1) is 25.6. The molecule has 4 N–H and O–H groups in total. The lowest BCUT2D eigenvalue weighted by atomic mass is 9.90. The number of unbranched alkanes of at least 4 members (excludes halogenated alkanes) is 15. The Morgan fingerprint density at radius 1 is 0.830 bits per heavy atom. The van der Waals surface area contributed by atoms with Crippen molar-refractivity contribution in [3.63, 3.8) is 0 Å². The van der Waals surface area contributed by atoms with Crippen LogP contribution in [-0.2, 0) is 37.5 Å². The summed E-state index contributed by atoms with van der Waals surface area (Å²) in [4.78, 5) is 47.3. The Balaban J connectivity index is 2.41. The van der Waals surface area contributed by atoms with Crippen molar-refractivity contribution >= 4 is 25.5 Å². The maximum atomic E-state index is 12.6. The maximum absolute atomic E-state index is 12.6. The zero-order valence-corrected chi connectivity index (χ0v) is 33.7. The van der Waals surface area contributed by atoms with Gasteiger partial charge < -0.3 is 25.2 Å². The van der Waals surface area contributed by atoms with Crippen LogP contribution in [0, 0.1) is 11.8 Å². The molecular formula is C41H72NO10P. The zero-order valence-electron chi connectivity index (χ0n) is 32.8. The average Bonchev–Trinajstić information content (AvgIpc) is 3.49. The second-order valence-corrected chi connectivity index (χ2v) is 15.6. The molecule has 0 spiro atoms. The van der Waals surface area contributed by atoms with Crippen LogP contribution < -0.4 is 5.73 Å². The van der Waals surface area contributed by atoms with Gasteiger partial charge in [-0.2, -0.15) is 0 Å². The highest BCUT2D eigenvalue weighted by Gasteiger charge is 2.27. The van der Waals surface area contributed by atoms with E-state index in [-0.39, 0.29) is 50.2 Å². The van der Waals surface area contributed by atoms with Crippen LogP contribution in [0.25, 0.3) is 0 Å². The quantitative estimate of drug-likeness (QED) is 0.0243. The van der Waals surface area contributed by atoms with Gasteiger partial charge in [-0.1, -0.05) is 141 Å². The number of aliphatic hydroxyl groups excluding tert-OH is 1. The third kappa shape index (κ3) is 27.1. The highest BCUT2D eigenvalue weighted by Crippen LogP contribution is 2.43. The molecule has 0 fully saturated rings. The number of hydrogen-bond acceptors (Lipinski definition) is 10. The minimum Gasteiger partial charge on any atom is -0.462 e. The Morgan fingerprint density at radius 3 is 2.08 bits per heavy atom. The van der Waals surface area contributed by atoms with Crippen LogP contribution >= 0.6 is 7.82 Å². The number of carbonyl (C=O) groups excluding carboxylic acids is 3. The van der Waals surface area contributed by atoms with Crippen molar-refractivity contribution in [3.8, 4) is 0 Å². The molecule has 0 heterocycles. The molecule has 11 nitrogen and oxygen atoms in total. The summed E-state index contributed by atoms with van der Waals surface area (Å²) in [6, 6.07) is 0. The summed E-state index contributed by atoms with van der Waals surface area (Å²) in [7, 11) is -4.43. The number of phosphoric ester groups is 1. The van der Waals surface area contributed by atoms with Crippen LogP contribution in [0.15, 0.2) is 36.5 Å². The molecule has 0 aliphatic heterocycles. The van der Waals surface area contributed by atoms with E-state index in [1.54, 1.807) is 12.2 Å². The number of hydrogen-bond donors (Lipinski definition) is 3. The lowest BCUT2D eigenvalue weighted by Gasteiger charge is -2.19. The average molecular weight is 770 g/mol. The smallest absolute Gasteiger partial charge is 0.462 e. The van der Waals surface area contributed by atoms with Crippen molar-refractivity contribution in [1.82, 2.24) is 0 Å². The van der Waals surface area contributed by atoms with Crippen molar-refractivity contribution in [3.05, 3.63) is 36.5 Å². The van der Waals surface area contributed by atoms with Gasteiger partial charge >= 0.3 is 19.8 Å². The number of aliphatic hydroxyl groups is 1. The van der Waals surface area contributed by atoms with E-state index in [2.05, 4.69) is 13.8 Å². The zero-order chi connectivity index (χ0) is 39.0. The fourth-order valence-electron chi connectivity index (χ4n) is 6.09. The van der Waals surface area contributed by atoms with Crippen LogP contribution in [0.2, 0.25) is 0 Å². The number of ether oxygens (including phenoxy) is 2. The summed E-state index contributed by atoms with van der Waals surface area (Å²) in [5.41, 5.74) is 5.33. The Labute approximate surface area is 320 Å². The Hall–Kier alpha value is -2.14. The van der Waals surface area contributed by atoms with E-state index in [4.69, 9.17) is 24.3 Å². The van der Waals surface area contributed by atoms with E-state index >= 15 is 0 Å². The molecule has 1 unspecified atom stereocenters. The van der Waals surface area contributed by atoms with Crippen molar-refractivity contribution in [2.45, 2.75) is 167 Å². The second kappa shape index (κ2) is 32.1. The highest BCUT2D eigenvalue weighted by atomic mass is 31.2. The Kier molecular flexibility index (Phi) is 29.6. The first-order valence-electron chi connectivity index (χ1n) is 20.5. The van der Waals surface area contributed by atoms with Crippen LogP contribution in [0.5, 0.6) is 0 Å². The van der Waals surface area contributed by atoms with E-state index in [0.717, 1.165) is 38.5 Å². The lowest BCUT2D eigenvalue weighted by molar-refractivity contribution is -0.161. The van der Waals surface area contributed by atoms with Crippen LogP contribution in [0.3, 0.4) is 0 Å². The van der Waals surface area contributed by atoms with Gasteiger partial charge in [0.05, 0.1) is 19.3 Å². The molecule has 1 rings (SSSR count). The van der Waals surface area contributed by atoms with E-state index < -0.39 is 38.6 Å². The van der Waals surface area contributed by atoms with Crippen molar-refractivity contribution in [2.24, 2.45) is 17.6 Å². The van der Waals surface area contributed by atoms with Crippen LogP contribution in [0.1, 0.15) is 155 Å². The van der Waals surface area contributed by atoms with Gasteiger partial charge in [0.25, 0.3) is 0 Å². The number of phosphoric acid groups is 1. The SMILES string of the molecule is CCCCCCCCCCCCCCCC(=O)OC[C@H](COP(=O)(O)OCCN)OC(=O)CCC/C=C\C[C@H]1C=CC(=O)[C@@H]1/C=C/[C@@H](O)CCCCC. The number of rotatable bonds is 35. The minimum absolute atomic E-state index is 0.0205. The molecule has 0 aromatic rings. The van der Waals surface area contributed by atoms with Gasteiger partial charge in [0, 0.05) is 25.3 Å². The molecule has 0 aromatic carbocycles. The summed E-state index contributed by atoms with van der Waals surface area (Å²) < 4.78 is 32.7. The van der Waals surface area contributed by atoms with Crippen molar-refractivity contribution < 1.29 is 47.5 Å². The van der Waals surface area contributed by atoms with Gasteiger partial charge in [0.1, 0.15) is 6.61 Å². The molecule has 0 amide bonds. The third-order valence-electron chi connectivity index (χ3n) is 9.28.